The summed E-state index contributed by atoms with van der Waals surface area (Å²) in [4.78, 5) is 25.6. The maximum Gasteiger partial charge on any atom is 0.330 e. The molecule has 0 saturated carbocycles. The van der Waals surface area contributed by atoms with Gasteiger partial charge in [0.2, 0.25) is 0 Å². The smallest absolute Gasteiger partial charge is 0.330 e. The first-order valence-electron chi connectivity index (χ1n) is 8.37. The molecule has 3 unspecified atom stereocenters. The molecule has 0 bridgehead atoms. The van der Waals surface area contributed by atoms with Crippen LogP contribution in [0.25, 0.3) is 0 Å². The van der Waals surface area contributed by atoms with Gasteiger partial charge in [0.05, 0.1) is 12.7 Å². The van der Waals surface area contributed by atoms with Crippen LogP contribution in [0.1, 0.15) is 27.0 Å². The van der Waals surface area contributed by atoms with Crippen molar-refractivity contribution in [2.75, 3.05) is 6.61 Å². The number of hydrogen-bond acceptors (Lipinski definition) is 6. The molecule has 26 heavy (non-hydrogen) atoms. The number of rotatable bonds is 4. The number of aliphatic hydroxyl groups is 1. The molecule has 1 aliphatic rings. The van der Waals surface area contributed by atoms with E-state index in [4.69, 9.17) is 9.16 Å². The average molecular weight is 379 g/mol. The van der Waals surface area contributed by atoms with E-state index in [0.29, 0.717) is 5.57 Å². The molecule has 1 aliphatic heterocycles. The summed E-state index contributed by atoms with van der Waals surface area (Å²) >= 11 is 0. The Balaban J connectivity index is 2.49. The van der Waals surface area contributed by atoms with E-state index in [0.717, 1.165) is 0 Å². The van der Waals surface area contributed by atoms with Crippen molar-refractivity contribution in [1.29, 1.82) is 5.26 Å². The Morgan fingerprint density at radius 3 is 2.62 bits per heavy atom. The van der Waals surface area contributed by atoms with Crippen molar-refractivity contribution < 1.29 is 14.3 Å². The molecular weight excluding hydrogens is 354 g/mol. The number of hydrogen-bond donors (Lipinski definition) is 2. The lowest BCUT2D eigenvalue weighted by molar-refractivity contribution is -0.0424. The number of nitrogens with zero attached hydrogens (tertiary/aromatic N) is 2. The molecular formula is C17H25N3O5Si. The molecule has 1 saturated heterocycles. The van der Waals surface area contributed by atoms with Crippen molar-refractivity contribution in [2.24, 2.45) is 0 Å². The third kappa shape index (κ3) is 3.88. The molecule has 0 radical (unpaired) electrons. The van der Waals surface area contributed by atoms with E-state index in [1.54, 1.807) is 0 Å². The van der Waals surface area contributed by atoms with Crippen LogP contribution in [-0.2, 0) is 9.16 Å². The predicted octanol–water partition coefficient (Wildman–Crippen LogP) is 1.27. The molecule has 0 amide bonds. The first kappa shape index (κ1) is 20.3. The minimum Gasteiger partial charge on any atom is -0.407 e. The van der Waals surface area contributed by atoms with E-state index in [2.05, 4.69) is 38.8 Å². The molecule has 1 fully saturated rings. The van der Waals surface area contributed by atoms with E-state index >= 15 is 0 Å². The zero-order valence-corrected chi connectivity index (χ0v) is 16.6. The average Bonchev–Trinajstić information content (AvgIpc) is 2.84. The molecule has 142 valence electrons. The zero-order valence-electron chi connectivity index (χ0n) is 15.6. The highest BCUT2D eigenvalue weighted by Gasteiger charge is 2.47. The highest BCUT2D eigenvalue weighted by molar-refractivity contribution is 6.74. The lowest BCUT2D eigenvalue weighted by Gasteiger charge is -2.39. The first-order chi connectivity index (χ1) is 12.0. The molecule has 2 rings (SSSR count). The Kier molecular flexibility index (Phi) is 5.72. The predicted molar refractivity (Wildman–Crippen MR) is 98.1 cm³/mol. The highest BCUT2D eigenvalue weighted by Crippen LogP contribution is 2.42. The summed E-state index contributed by atoms with van der Waals surface area (Å²) in [5.41, 5.74) is -0.732. The van der Waals surface area contributed by atoms with Crippen LogP contribution in [-0.4, -0.2) is 41.8 Å². The summed E-state index contributed by atoms with van der Waals surface area (Å²) in [5.74, 6) is 0. The van der Waals surface area contributed by atoms with Gasteiger partial charge in [-0.1, -0.05) is 20.8 Å². The second-order valence-electron chi connectivity index (χ2n) is 7.80. The van der Waals surface area contributed by atoms with E-state index in [-0.39, 0.29) is 11.6 Å². The van der Waals surface area contributed by atoms with Gasteiger partial charge in [-0.2, -0.15) is 5.26 Å². The molecule has 1 aromatic heterocycles. The monoisotopic (exact) mass is 379 g/mol. The Morgan fingerprint density at radius 2 is 2.12 bits per heavy atom. The fourth-order valence-electron chi connectivity index (χ4n) is 2.51. The Labute approximate surface area is 152 Å². The van der Waals surface area contributed by atoms with E-state index < -0.39 is 38.0 Å². The van der Waals surface area contributed by atoms with Crippen LogP contribution >= 0.6 is 0 Å². The van der Waals surface area contributed by atoms with Gasteiger partial charge < -0.3 is 14.3 Å². The number of nitriles is 1. The summed E-state index contributed by atoms with van der Waals surface area (Å²) in [7, 11) is -2.24. The largest absolute Gasteiger partial charge is 0.407 e. The number of aliphatic hydroxyl groups excluding tert-OH is 1. The maximum atomic E-state index is 12.1. The molecule has 0 spiro atoms. The van der Waals surface area contributed by atoms with Gasteiger partial charge in [-0.05, 0) is 18.1 Å². The summed E-state index contributed by atoms with van der Waals surface area (Å²) in [6, 6.07) is 3.16. The minimum absolute atomic E-state index is 0.0856. The molecule has 9 heteroatoms. The summed E-state index contributed by atoms with van der Waals surface area (Å²) in [6.07, 6.45) is 0.304. The van der Waals surface area contributed by atoms with E-state index in [1.165, 1.54) is 22.9 Å². The normalized spacial score (nSPS) is 25.4. The fourth-order valence-corrected chi connectivity index (χ4v) is 3.79. The van der Waals surface area contributed by atoms with Gasteiger partial charge in [-0.15, -0.1) is 0 Å². The van der Waals surface area contributed by atoms with Crippen LogP contribution in [0.15, 0.2) is 33.5 Å². The number of aromatic amines is 1. The summed E-state index contributed by atoms with van der Waals surface area (Å²) < 4.78 is 13.4. The number of ether oxygens (including phenoxy) is 1. The quantitative estimate of drug-likeness (QED) is 0.601. The third-order valence-corrected chi connectivity index (χ3v) is 9.45. The Morgan fingerprint density at radius 1 is 1.46 bits per heavy atom. The number of aromatic nitrogens is 2. The van der Waals surface area contributed by atoms with Crippen LogP contribution in [0.5, 0.6) is 0 Å². The van der Waals surface area contributed by atoms with Gasteiger partial charge in [0.25, 0.3) is 5.56 Å². The van der Waals surface area contributed by atoms with Gasteiger partial charge in [0.1, 0.15) is 12.2 Å². The van der Waals surface area contributed by atoms with Crippen molar-refractivity contribution in [3.05, 3.63) is 44.8 Å². The van der Waals surface area contributed by atoms with E-state index in [1.807, 2.05) is 6.07 Å². The van der Waals surface area contributed by atoms with Crippen molar-refractivity contribution in [2.45, 2.75) is 57.3 Å². The van der Waals surface area contributed by atoms with Crippen LogP contribution in [0, 0.1) is 11.3 Å². The molecule has 0 aromatic carbocycles. The topological polar surface area (TPSA) is 117 Å². The van der Waals surface area contributed by atoms with Gasteiger partial charge in [0, 0.05) is 23.9 Å². The van der Waals surface area contributed by atoms with Crippen LogP contribution in [0.2, 0.25) is 18.1 Å². The number of allylic oxidation sites excluding steroid dienone is 1. The number of nitrogens with one attached hydrogen (secondary N) is 1. The minimum atomic E-state index is -2.24. The van der Waals surface area contributed by atoms with Crippen molar-refractivity contribution in [3.8, 4) is 6.07 Å². The second-order valence-corrected chi connectivity index (χ2v) is 12.6. The van der Waals surface area contributed by atoms with Gasteiger partial charge in [0.15, 0.2) is 14.5 Å². The lowest BCUT2D eigenvalue weighted by Crippen LogP contribution is -2.47. The summed E-state index contributed by atoms with van der Waals surface area (Å²) in [5, 5.41) is 18.9. The lowest BCUT2D eigenvalue weighted by atomic mass is 10.1. The second kappa shape index (κ2) is 7.32. The van der Waals surface area contributed by atoms with Crippen LogP contribution in [0.4, 0.5) is 0 Å². The van der Waals surface area contributed by atoms with E-state index in [9.17, 15) is 20.0 Å². The summed E-state index contributed by atoms with van der Waals surface area (Å²) in [6.45, 7) is 10.0. The molecule has 3 atom stereocenters. The van der Waals surface area contributed by atoms with Crippen molar-refractivity contribution in [1.82, 2.24) is 9.55 Å². The zero-order chi connectivity index (χ0) is 19.7. The maximum absolute atomic E-state index is 12.1. The SMILES string of the molecule is CC(C)(C)[Si](C)(C)OC1/C(=C\C#N)C(n2ccc(=O)[nH]c2=O)OC1CO. The highest BCUT2D eigenvalue weighted by atomic mass is 28.4. The molecule has 1 aromatic rings. The van der Waals surface area contributed by atoms with Gasteiger partial charge in [-0.25, -0.2) is 4.79 Å². The van der Waals surface area contributed by atoms with Crippen LogP contribution in [0.3, 0.4) is 0 Å². The fraction of sp³-hybridized carbons (Fsp3) is 0.588. The molecule has 8 nitrogen and oxygen atoms in total. The molecule has 2 heterocycles. The van der Waals surface area contributed by atoms with Crippen molar-refractivity contribution in [3.63, 3.8) is 0 Å². The molecule has 2 N–H and O–H groups in total. The Hall–Kier alpha value is -1.99. The standard InChI is InChI=1S/C17H25N3O5Si/c1-17(2,3)26(4,5)25-14-11(6-8-18)15(24-12(14)10-21)20-9-7-13(22)19-16(20)23/h6-7,9,12,14-15,21H,10H2,1-5H3,(H,19,22,23)/b11-6+. The van der Waals surface area contributed by atoms with Crippen LogP contribution < -0.4 is 11.2 Å². The van der Waals surface area contributed by atoms with Gasteiger partial charge >= 0.3 is 5.69 Å². The number of H-pyrrole nitrogens is 1. The first-order valence-corrected chi connectivity index (χ1v) is 11.3. The van der Waals surface area contributed by atoms with Gasteiger partial charge in [-0.3, -0.25) is 14.3 Å². The molecule has 0 aliphatic carbocycles. The Bertz CT molecular complexity index is 843. The third-order valence-electron chi connectivity index (χ3n) is 5.00. The van der Waals surface area contributed by atoms with Crippen molar-refractivity contribution >= 4 is 8.32 Å².